The normalized spacial score (nSPS) is 21.1. The maximum absolute atomic E-state index is 13.3. The molecule has 2 fully saturated rings. The topological polar surface area (TPSA) is 111 Å². The largest absolute Gasteiger partial charge is 0.417 e. The molecule has 0 spiro atoms. The summed E-state index contributed by atoms with van der Waals surface area (Å²) in [7, 11) is -3.86. The Balaban J connectivity index is 1.23. The molecule has 2 atom stereocenters. The number of halogens is 3. The average Bonchev–Trinajstić information content (AvgIpc) is 2.94. The van der Waals surface area contributed by atoms with Crippen molar-refractivity contribution in [2.24, 2.45) is 0 Å². The van der Waals surface area contributed by atoms with E-state index in [1.807, 2.05) is 12.3 Å². The zero-order valence-corrected chi connectivity index (χ0v) is 21.8. The van der Waals surface area contributed by atoms with E-state index in [2.05, 4.69) is 25.5 Å². The summed E-state index contributed by atoms with van der Waals surface area (Å²) < 4.78 is 66.1. The van der Waals surface area contributed by atoms with Crippen molar-refractivity contribution in [2.45, 2.75) is 29.6 Å². The number of hydrogen-bond acceptors (Lipinski definition) is 8. The number of pyridine rings is 2. The third-order valence-electron chi connectivity index (χ3n) is 7.00. The van der Waals surface area contributed by atoms with Crippen LogP contribution >= 0.6 is 0 Å². The number of aromatic nitrogens is 2. The van der Waals surface area contributed by atoms with Crippen LogP contribution in [0.4, 0.5) is 24.7 Å². The smallest absolute Gasteiger partial charge is 0.390 e. The van der Waals surface area contributed by atoms with Gasteiger partial charge in [0.25, 0.3) is 0 Å². The number of nitrogens with zero attached hydrogens (tertiary/aromatic N) is 4. The summed E-state index contributed by atoms with van der Waals surface area (Å²) in [5.41, 5.74) is 1.87. The van der Waals surface area contributed by atoms with Crippen LogP contribution in [0.5, 0.6) is 0 Å². The summed E-state index contributed by atoms with van der Waals surface area (Å²) >= 11 is 0. The number of hydrogen-bond donors (Lipinski definition) is 3. The number of nitrogens with one attached hydrogen (secondary N) is 2. The van der Waals surface area contributed by atoms with Crippen LogP contribution in [0.3, 0.4) is 0 Å². The first-order chi connectivity index (χ1) is 18.6. The predicted molar refractivity (Wildman–Crippen MR) is 141 cm³/mol. The van der Waals surface area contributed by atoms with Crippen molar-refractivity contribution in [3.8, 4) is 11.1 Å². The quantitative estimate of drug-likeness (QED) is 0.421. The Morgan fingerprint density at radius 1 is 0.974 bits per heavy atom. The fourth-order valence-corrected chi connectivity index (χ4v) is 6.25. The van der Waals surface area contributed by atoms with Gasteiger partial charge in [0, 0.05) is 57.2 Å². The number of aliphatic hydroxyl groups excluding tert-OH is 1. The lowest BCUT2D eigenvalue weighted by Gasteiger charge is -2.35. The molecule has 9 nitrogen and oxygen atoms in total. The molecule has 13 heteroatoms. The van der Waals surface area contributed by atoms with Gasteiger partial charge in [0.15, 0.2) is 0 Å². The molecule has 0 aliphatic carbocycles. The first kappa shape index (κ1) is 27.3. The van der Waals surface area contributed by atoms with E-state index in [-0.39, 0.29) is 30.2 Å². The summed E-state index contributed by atoms with van der Waals surface area (Å²) in [5, 5.41) is 16.9. The Bertz CT molecular complexity index is 1380. The molecule has 5 rings (SSSR count). The molecule has 0 unspecified atom stereocenters. The molecule has 0 radical (unpaired) electrons. The van der Waals surface area contributed by atoms with Gasteiger partial charge in [-0.25, -0.2) is 13.4 Å². The SMILES string of the molecule is O=S(=O)(c1ccc(-c2cncc(N3CCNCC3)c2)cc1)N1CC[C@@H](Nc2ccc(C(F)(F)F)cn2)[C@@H](O)C1. The molecule has 2 aliphatic heterocycles. The molecule has 0 saturated carbocycles. The van der Waals surface area contributed by atoms with Crippen molar-refractivity contribution >= 4 is 21.5 Å². The molecule has 4 heterocycles. The minimum Gasteiger partial charge on any atom is -0.390 e. The molecule has 2 aliphatic rings. The zero-order valence-electron chi connectivity index (χ0n) is 21.0. The van der Waals surface area contributed by atoms with E-state index in [1.54, 1.807) is 30.5 Å². The molecule has 208 valence electrons. The van der Waals surface area contributed by atoms with E-state index >= 15 is 0 Å². The lowest BCUT2D eigenvalue weighted by atomic mass is 10.0. The van der Waals surface area contributed by atoms with Gasteiger partial charge in [0.2, 0.25) is 10.0 Å². The Kier molecular flexibility index (Phi) is 7.76. The number of alkyl halides is 3. The van der Waals surface area contributed by atoms with Crippen LogP contribution < -0.4 is 15.5 Å². The van der Waals surface area contributed by atoms with Crippen LogP contribution in [0.25, 0.3) is 11.1 Å². The van der Waals surface area contributed by atoms with E-state index in [0.29, 0.717) is 0 Å². The van der Waals surface area contributed by atoms with Gasteiger partial charge in [0.05, 0.1) is 34.5 Å². The maximum Gasteiger partial charge on any atom is 0.417 e. The fraction of sp³-hybridized carbons (Fsp3) is 0.385. The minimum absolute atomic E-state index is 0.112. The highest BCUT2D eigenvalue weighted by molar-refractivity contribution is 7.89. The van der Waals surface area contributed by atoms with E-state index in [4.69, 9.17) is 0 Å². The standard InChI is InChI=1S/C26H29F3N6O3S/c27-26(28,29)20-3-6-25(32-15-20)33-23-7-10-35(17-24(23)36)39(37,38)22-4-1-18(2-5-22)19-13-21(16-31-14-19)34-11-8-30-9-12-34/h1-6,13-16,23-24,30,36H,7-12,17H2,(H,32,33)/t23-,24+/m1/s1. The summed E-state index contributed by atoms with van der Waals surface area (Å²) in [6, 6.07) is 10.2. The first-order valence-electron chi connectivity index (χ1n) is 12.6. The Morgan fingerprint density at radius 3 is 2.36 bits per heavy atom. The predicted octanol–water partition coefficient (Wildman–Crippen LogP) is 2.81. The number of anilines is 2. The summed E-state index contributed by atoms with van der Waals surface area (Å²) in [4.78, 5) is 10.5. The molecular formula is C26H29F3N6O3S. The van der Waals surface area contributed by atoms with Gasteiger partial charge in [-0.15, -0.1) is 0 Å². The Morgan fingerprint density at radius 2 is 1.72 bits per heavy atom. The molecule has 0 amide bonds. The molecule has 2 aromatic heterocycles. The number of sulfonamides is 1. The Hall–Kier alpha value is -3.26. The van der Waals surface area contributed by atoms with Gasteiger partial charge >= 0.3 is 6.18 Å². The summed E-state index contributed by atoms with van der Waals surface area (Å²) in [6.45, 7) is 3.58. The van der Waals surface area contributed by atoms with E-state index in [9.17, 15) is 26.7 Å². The van der Waals surface area contributed by atoms with Crippen molar-refractivity contribution in [1.29, 1.82) is 0 Å². The molecule has 3 N–H and O–H groups in total. The number of aliphatic hydroxyl groups is 1. The Labute approximate surface area is 224 Å². The third kappa shape index (κ3) is 6.16. The van der Waals surface area contributed by atoms with Gasteiger partial charge in [-0.1, -0.05) is 12.1 Å². The molecular weight excluding hydrogens is 533 g/mol. The monoisotopic (exact) mass is 562 g/mol. The maximum atomic E-state index is 13.3. The second kappa shape index (κ2) is 11.1. The first-order valence-corrected chi connectivity index (χ1v) is 14.0. The number of piperazine rings is 1. The molecule has 3 aromatic rings. The van der Waals surface area contributed by atoms with Crippen molar-refractivity contribution < 1.29 is 26.7 Å². The summed E-state index contributed by atoms with van der Waals surface area (Å²) in [5.74, 6) is 0.175. The molecule has 0 bridgehead atoms. The van der Waals surface area contributed by atoms with Crippen LogP contribution in [0, 0.1) is 0 Å². The highest BCUT2D eigenvalue weighted by Gasteiger charge is 2.35. The highest BCUT2D eigenvalue weighted by Crippen LogP contribution is 2.30. The van der Waals surface area contributed by atoms with Crippen molar-refractivity contribution in [2.75, 3.05) is 49.5 Å². The molecule has 1 aromatic carbocycles. The van der Waals surface area contributed by atoms with Gasteiger partial charge in [0.1, 0.15) is 5.82 Å². The zero-order chi connectivity index (χ0) is 27.6. The number of piperidine rings is 1. The summed E-state index contributed by atoms with van der Waals surface area (Å²) in [6.07, 6.45) is -1.02. The second-order valence-electron chi connectivity index (χ2n) is 9.59. The van der Waals surface area contributed by atoms with Crippen molar-refractivity contribution in [1.82, 2.24) is 19.6 Å². The van der Waals surface area contributed by atoms with Crippen LogP contribution in [0.15, 0.2) is 66.0 Å². The van der Waals surface area contributed by atoms with Crippen LogP contribution in [0.1, 0.15) is 12.0 Å². The van der Waals surface area contributed by atoms with E-state index in [1.165, 1.54) is 10.4 Å². The number of β-amino-alcohol motifs (C(OH)–C–C–N with tert-alkyl or cyclic N) is 1. The van der Waals surface area contributed by atoms with E-state index in [0.717, 1.165) is 55.3 Å². The van der Waals surface area contributed by atoms with Gasteiger partial charge in [-0.05, 0) is 42.3 Å². The van der Waals surface area contributed by atoms with Gasteiger partial charge in [-0.2, -0.15) is 17.5 Å². The highest BCUT2D eigenvalue weighted by atomic mass is 32.2. The van der Waals surface area contributed by atoms with E-state index < -0.39 is 33.9 Å². The third-order valence-corrected chi connectivity index (χ3v) is 8.88. The number of benzene rings is 1. The van der Waals surface area contributed by atoms with Gasteiger partial charge in [-0.3, -0.25) is 4.98 Å². The second-order valence-corrected chi connectivity index (χ2v) is 11.5. The van der Waals surface area contributed by atoms with Crippen LogP contribution in [-0.2, 0) is 16.2 Å². The van der Waals surface area contributed by atoms with Gasteiger partial charge < -0.3 is 20.6 Å². The fourth-order valence-electron chi connectivity index (χ4n) is 4.78. The lowest BCUT2D eigenvalue weighted by Crippen LogP contribution is -2.51. The minimum atomic E-state index is -4.49. The number of rotatable bonds is 6. The molecule has 2 saturated heterocycles. The van der Waals surface area contributed by atoms with Crippen LogP contribution in [-0.4, -0.2) is 79.2 Å². The lowest BCUT2D eigenvalue weighted by molar-refractivity contribution is -0.137. The molecule has 39 heavy (non-hydrogen) atoms. The van der Waals surface area contributed by atoms with Crippen molar-refractivity contribution in [3.63, 3.8) is 0 Å². The van der Waals surface area contributed by atoms with Crippen LogP contribution in [0.2, 0.25) is 0 Å². The van der Waals surface area contributed by atoms with Crippen molar-refractivity contribution in [3.05, 3.63) is 66.6 Å². The average molecular weight is 563 g/mol.